The van der Waals surface area contributed by atoms with E-state index in [1.165, 1.54) is 12.1 Å². The molecule has 1 aliphatic heterocycles. The number of ether oxygens (including phenoxy) is 1. The molecule has 2 N–H and O–H groups in total. The van der Waals surface area contributed by atoms with E-state index < -0.39 is 16.9 Å². The molecule has 0 spiro atoms. The van der Waals surface area contributed by atoms with E-state index in [1.807, 2.05) is 4.90 Å². The molecule has 0 saturated carbocycles. The van der Waals surface area contributed by atoms with Crippen LogP contribution in [0.1, 0.15) is 0 Å². The summed E-state index contributed by atoms with van der Waals surface area (Å²) in [6, 6.07) is 6.18. The third-order valence-corrected chi connectivity index (χ3v) is 2.81. The van der Waals surface area contributed by atoms with Gasteiger partial charge in [-0.05, 0) is 12.1 Å². The standard InChI is InChI=1S/C11H13N3O4/c12-11(15)10-7-13(5-6-18-10)8-1-3-9(4-2-8)14(16)17/h1-4,10H,5-7H2,(H2,12,15)/t10-/m1/s1. The van der Waals surface area contributed by atoms with Gasteiger partial charge in [0.25, 0.3) is 5.69 Å². The minimum Gasteiger partial charge on any atom is -0.367 e. The predicted molar refractivity (Wildman–Crippen MR) is 64.2 cm³/mol. The van der Waals surface area contributed by atoms with Crippen LogP contribution in [0.25, 0.3) is 0 Å². The van der Waals surface area contributed by atoms with Crippen LogP contribution in [0.3, 0.4) is 0 Å². The average molecular weight is 251 g/mol. The monoisotopic (exact) mass is 251 g/mol. The van der Waals surface area contributed by atoms with E-state index in [1.54, 1.807) is 12.1 Å². The van der Waals surface area contributed by atoms with Crippen molar-refractivity contribution >= 4 is 17.3 Å². The minimum atomic E-state index is -0.631. The summed E-state index contributed by atoms with van der Waals surface area (Å²) in [5, 5.41) is 10.5. The zero-order chi connectivity index (χ0) is 13.1. The Bertz CT molecular complexity index is 460. The van der Waals surface area contributed by atoms with E-state index in [4.69, 9.17) is 10.5 Å². The lowest BCUT2D eigenvalue weighted by Gasteiger charge is -2.32. The third-order valence-electron chi connectivity index (χ3n) is 2.81. The van der Waals surface area contributed by atoms with E-state index in [0.29, 0.717) is 19.7 Å². The summed E-state index contributed by atoms with van der Waals surface area (Å²) in [5.41, 5.74) is 6.05. The van der Waals surface area contributed by atoms with Crippen LogP contribution in [0.4, 0.5) is 11.4 Å². The first-order valence-corrected chi connectivity index (χ1v) is 5.48. The number of rotatable bonds is 3. The number of hydrogen-bond acceptors (Lipinski definition) is 5. The topological polar surface area (TPSA) is 98.7 Å². The Balaban J connectivity index is 2.11. The van der Waals surface area contributed by atoms with Gasteiger partial charge in [0.2, 0.25) is 5.91 Å². The van der Waals surface area contributed by atoms with Crippen molar-refractivity contribution in [2.75, 3.05) is 24.6 Å². The number of primary amides is 1. The largest absolute Gasteiger partial charge is 0.367 e. The molecule has 1 amide bonds. The van der Waals surface area contributed by atoms with Crippen molar-refractivity contribution < 1.29 is 14.5 Å². The number of anilines is 1. The number of nitro benzene ring substituents is 1. The molecule has 1 aromatic carbocycles. The van der Waals surface area contributed by atoms with Crippen molar-refractivity contribution in [3.05, 3.63) is 34.4 Å². The van der Waals surface area contributed by atoms with Crippen LogP contribution in [0.2, 0.25) is 0 Å². The number of non-ortho nitro benzene ring substituents is 1. The molecule has 1 atom stereocenters. The van der Waals surface area contributed by atoms with Crippen LogP contribution < -0.4 is 10.6 Å². The van der Waals surface area contributed by atoms with Crippen LogP contribution in [0.15, 0.2) is 24.3 Å². The first-order valence-electron chi connectivity index (χ1n) is 5.48. The number of amides is 1. The fraction of sp³-hybridized carbons (Fsp3) is 0.364. The Kier molecular flexibility index (Phi) is 3.42. The molecule has 0 bridgehead atoms. The number of nitro groups is 1. The fourth-order valence-electron chi connectivity index (χ4n) is 1.84. The van der Waals surface area contributed by atoms with Gasteiger partial charge in [0.1, 0.15) is 0 Å². The minimum absolute atomic E-state index is 0.0402. The van der Waals surface area contributed by atoms with Crippen LogP contribution >= 0.6 is 0 Å². The maximum Gasteiger partial charge on any atom is 0.269 e. The Hall–Kier alpha value is -2.15. The summed E-state index contributed by atoms with van der Waals surface area (Å²) < 4.78 is 5.23. The van der Waals surface area contributed by atoms with Crippen LogP contribution in [0.5, 0.6) is 0 Å². The van der Waals surface area contributed by atoms with Crippen LogP contribution in [-0.4, -0.2) is 36.6 Å². The van der Waals surface area contributed by atoms with Crippen molar-refractivity contribution in [3.8, 4) is 0 Å². The van der Waals surface area contributed by atoms with Gasteiger partial charge in [0.05, 0.1) is 18.1 Å². The molecular weight excluding hydrogens is 238 g/mol. The SMILES string of the molecule is NC(=O)[C@H]1CN(c2ccc([N+](=O)[O-])cc2)CCO1. The summed E-state index contributed by atoms with van der Waals surface area (Å²) in [4.78, 5) is 23.1. The van der Waals surface area contributed by atoms with E-state index in [-0.39, 0.29) is 5.69 Å². The Morgan fingerprint density at radius 2 is 2.11 bits per heavy atom. The van der Waals surface area contributed by atoms with E-state index in [9.17, 15) is 14.9 Å². The highest BCUT2D eigenvalue weighted by molar-refractivity contribution is 5.79. The second-order valence-electron chi connectivity index (χ2n) is 3.98. The zero-order valence-electron chi connectivity index (χ0n) is 9.61. The molecule has 0 radical (unpaired) electrons. The maximum atomic E-state index is 11.1. The highest BCUT2D eigenvalue weighted by Crippen LogP contribution is 2.21. The molecule has 0 aliphatic carbocycles. The second kappa shape index (κ2) is 5.01. The molecule has 96 valence electrons. The summed E-state index contributed by atoms with van der Waals surface area (Å²) >= 11 is 0. The van der Waals surface area contributed by atoms with Gasteiger partial charge < -0.3 is 15.4 Å². The number of benzene rings is 1. The van der Waals surface area contributed by atoms with Gasteiger partial charge in [-0.25, -0.2) is 0 Å². The molecule has 1 aliphatic rings. The Morgan fingerprint density at radius 1 is 1.44 bits per heavy atom. The summed E-state index contributed by atoms with van der Waals surface area (Å²) in [7, 11) is 0. The van der Waals surface area contributed by atoms with Crippen LogP contribution in [-0.2, 0) is 9.53 Å². The lowest BCUT2D eigenvalue weighted by atomic mass is 10.2. The van der Waals surface area contributed by atoms with Crippen molar-refractivity contribution in [3.63, 3.8) is 0 Å². The van der Waals surface area contributed by atoms with Crippen molar-refractivity contribution in [2.24, 2.45) is 5.73 Å². The molecule has 7 heteroatoms. The Morgan fingerprint density at radius 3 is 2.67 bits per heavy atom. The summed E-state index contributed by atoms with van der Waals surface area (Å²) in [6.45, 7) is 1.40. The fourth-order valence-corrected chi connectivity index (χ4v) is 1.84. The maximum absolute atomic E-state index is 11.1. The first kappa shape index (κ1) is 12.3. The normalized spacial score (nSPS) is 19.6. The molecule has 2 rings (SSSR count). The number of nitrogens with two attached hydrogens (primary N) is 1. The molecule has 0 unspecified atom stereocenters. The van der Waals surface area contributed by atoms with Crippen LogP contribution in [0, 0.1) is 10.1 Å². The molecule has 7 nitrogen and oxygen atoms in total. The molecule has 0 aromatic heterocycles. The van der Waals surface area contributed by atoms with Crippen molar-refractivity contribution in [1.82, 2.24) is 0 Å². The van der Waals surface area contributed by atoms with Gasteiger partial charge >= 0.3 is 0 Å². The lowest BCUT2D eigenvalue weighted by molar-refractivity contribution is -0.384. The Labute approximate surface area is 103 Å². The zero-order valence-corrected chi connectivity index (χ0v) is 9.61. The van der Waals surface area contributed by atoms with Gasteiger partial charge in [0.15, 0.2) is 6.10 Å². The average Bonchev–Trinajstić information content (AvgIpc) is 2.39. The summed E-state index contributed by atoms with van der Waals surface area (Å²) in [6.07, 6.45) is -0.631. The first-order chi connectivity index (χ1) is 8.58. The van der Waals surface area contributed by atoms with E-state index in [2.05, 4.69) is 0 Å². The molecular formula is C11H13N3O4. The molecule has 1 aromatic rings. The highest BCUT2D eigenvalue weighted by Gasteiger charge is 2.25. The smallest absolute Gasteiger partial charge is 0.269 e. The quantitative estimate of drug-likeness (QED) is 0.614. The van der Waals surface area contributed by atoms with E-state index in [0.717, 1.165) is 5.69 Å². The van der Waals surface area contributed by atoms with Gasteiger partial charge in [-0.15, -0.1) is 0 Å². The van der Waals surface area contributed by atoms with E-state index >= 15 is 0 Å². The molecule has 1 fully saturated rings. The van der Waals surface area contributed by atoms with Gasteiger partial charge in [0, 0.05) is 24.4 Å². The predicted octanol–water partition coefficient (Wildman–Crippen LogP) is 0.285. The highest BCUT2D eigenvalue weighted by atomic mass is 16.6. The number of nitrogens with zero attached hydrogens (tertiary/aromatic N) is 2. The number of morpholine rings is 1. The molecule has 18 heavy (non-hydrogen) atoms. The third kappa shape index (κ3) is 2.57. The van der Waals surface area contributed by atoms with Gasteiger partial charge in [-0.1, -0.05) is 0 Å². The number of hydrogen-bond donors (Lipinski definition) is 1. The summed E-state index contributed by atoms with van der Waals surface area (Å²) in [5.74, 6) is -0.499. The van der Waals surface area contributed by atoms with Crippen molar-refractivity contribution in [2.45, 2.75) is 6.10 Å². The molecule has 1 saturated heterocycles. The van der Waals surface area contributed by atoms with Gasteiger partial charge in [-0.2, -0.15) is 0 Å². The number of carbonyl (C=O) groups is 1. The number of carbonyl (C=O) groups excluding carboxylic acids is 1. The van der Waals surface area contributed by atoms with Gasteiger partial charge in [-0.3, -0.25) is 14.9 Å². The molecule has 1 heterocycles. The lowest BCUT2D eigenvalue weighted by Crippen LogP contribution is -2.48. The van der Waals surface area contributed by atoms with Crippen molar-refractivity contribution in [1.29, 1.82) is 0 Å². The second-order valence-corrected chi connectivity index (χ2v) is 3.98.